The summed E-state index contributed by atoms with van der Waals surface area (Å²) in [7, 11) is 0. The summed E-state index contributed by atoms with van der Waals surface area (Å²) in [5.41, 5.74) is 3.82. The first-order chi connectivity index (χ1) is 11.7. The highest BCUT2D eigenvalue weighted by Gasteiger charge is 2.14. The number of amides is 1. The third-order valence-electron chi connectivity index (χ3n) is 4.28. The molecule has 0 fully saturated rings. The van der Waals surface area contributed by atoms with Gasteiger partial charge in [0, 0.05) is 29.5 Å². The lowest BCUT2D eigenvalue weighted by atomic mass is 10.1. The van der Waals surface area contributed by atoms with E-state index in [9.17, 15) is 4.79 Å². The molecule has 2 aromatic carbocycles. The summed E-state index contributed by atoms with van der Waals surface area (Å²) < 4.78 is 6.00. The van der Waals surface area contributed by atoms with Gasteiger partial charge in [-0.25, -0.2) is 0 Å². The first-order valence-corrected chi connectivity index (χ1v) is 8.53. The average molecular weight is 321 g/mol. The fraction of sp³-hybridized carbons (Fsp3) is 0.286. The Morgan fingerprint density at radius 1 is 1.08 bits per heavy atom. The van der Waals surface area contributed by atoms with E-state index in [2.05, 4.69) is 18.3 Å². The molecule has 0 bridgehead atoms. The van der Waals surface area contributed by atoms with Crippen molar-refractivity contribution in [2.24, 2.45) is 0 Å². The fourth-order valence-corrected chi connectivity index (χ4v) is 2.86. The number of carbonyl (C=O) groups excluding carboxylic acids is 1. The van der Waals surface area contributed by atoms with Crippen LogP contribution in [0.2, 0.25) is 0 Å². The van der Waals surface area contributed by atoms with Gasteiger partial charge in [0.25, 0.3) is 5.91 Å². The van der Waals surface area contributed by atoms with Crippen molar-refractivity contribution in [2.45, 2.75) is 39.7 Å². The van der Waals surface area contributed by atoms with Gasteiger partial charge < -0.3 is 9.73 Å². The Kier molecular flexibility index (Phi) is 4.99. The Balaban J connectivity index is 1.80. The number of unbranched alkanes of at least 4 members (excludes halogenated alkanes) is 1. The molecule has 0 aliphatic heterocycles. The minimum Gasteiger partial charge on any atom is -0.461 e. The molecule has 24 heavy (non-hydrogen) atoms. The number of fused-ring (bicyclic) bond motifs is 1. The largest absolute Gasteiger partial charge is 0.461 e. The molecule has 3 heteroatoms. The highest BCUT2D eigenvalue weighted by atomic mass is 16.3. The Labute approximate surface area is 142 Å². The number of rotatable bonds is 6. The number of hydrogen-bond donors (Lipinski definition) is 1. The number of benzene rings is 2. The molecule has 3 aromatic rings. The third-order valence-corrected chi connectivity index (χ3v) is 4.28. The van der Waals surface area contributed by atoms with E-state index in [1.807, 2.05) is 49.4 Å². The Morgan fingerprint density at radius 2 is 1.83 bits per heavy atom. The van der Waals surface area contributed by atoms with Gasteiger partial charge in [-0.1, -0.05) is 49.2 Å². The molecule has 0 aliphatic rings. The number of hydrogen-bond acceptors (Lipinski definition) is 2. The van der Waals surface area contributed by atoms with Crippen molar-refractivity contribution >= 4 is 16.9 Å². The molecule has 1 N–H and O–H groups in total. The molecule has 0 aliphatic carbocycles. The molecule has 0 radical (unpaired) electrons. The van der Waals surface area contributed by atoms with Gasteiger partial charge in [-0.15, -0.1) is 0 Å². The van der Waals surface area contributed by atoms with Gasteiger partial charge in [-0.05, 0) is 31.5 Å². The highest BCUT2D eigenvalue weighted by molar-refractivity contribution is 5.94. The lowest BCUT2D eigenvalue weighted by Crippen LogP contribution is -2.23. The molecule has 3 nitrogen and oxygen atoms in total. The van der Waals surface area contributed by atoms with Crippen LogP contribution >= 0.6 is 0 Å². The Hall–Kier alpha value is -2.55. The molecule has 1 amide bonds. The normalized spacial score (nSPS) is 10.9. The van der Waals surface area contributed by atoms with Gasteiger partial charge >= 0.3 is 0 Å². The van der Waals surface area contributed by atoms with Crippen molar-refractivity contribution in [3.05, 3.63) is 71.0 Å². The number of furan rings is 1. The SMILES string of the molecule is CCCCc1oc2ccccc2c1CNC(=O)c1ccc(C)cc1. The van der Waals surface area contributed by atoms with Crippen LogP contribution in [-0.2, 0) is 13.0 Å². The lowest BCUT2D eigenvalue weighted by molar-refractivity contribution is 0.0951. The molecule has 0 saturated carbocycles. The van der Waals surface area contributed by atoms with Crippen molar-refractivity contribution in [1.82, 2.24) is 5.32 Å². The minimum absolute atomic E-state index is 0.0540. The summed E-state index contributed by atoms with van der Waals surface area (Å²) in [5, 5.41) is 4.12. The van der Waals surface area contributed by atoms with Crippen LogP contribution in [0.3, 0.4) is 0 Å². The summed E-state index contributed by atoms with van der Waals surface area (Å²) in [6, 6.07) is 15.6. The van der Waals surface area contributed by atoms with Crippen LogP contribution in [0.15, 0.2) is 52.9 Å². The van der Waals surface area contributed by atoms with E-state index in [4.69, 9.17) is 4.42 Å². The summed E-state index contributed by atoms with van der Waals surface area (Å²) in [6.07, 6.45) is 3.10. The smallest absolute Gasteiger partial charge is 0.251 e. The van der Waals surface area contributed by atoms with E-state index in [1.54, 1.807) is 0 Å². The summed E-state index contributed by atoms with van der Waals surface area (Å²) in [4.78, 5) is 12.4. The summed E-state index contributed by atoms with van der Waals surface area (Å²) in [5.74, 6) is 0.934. The number of carbonyl (C=O) groups is 1. The van der Waals surface area contributed by atoms with Gasteiger partial charge in [0.15, 0.2) is 0 Å². The molecule has 124 valence electrons. The van der Waals surface area contributed by atoms with Crippen molar-refractivity contribution in [3.8, 4) is 0 Å². The molecule has 0 unspecified atom stereocenters. The molecular weight excluding hydrogens is 298 g/mol. The number of para-hydroxylation sites is 1. The van der Waals surface area contributed by atoms with Crippen LogP contribution in [0.25, 0.3) is 11.0 Å². The molecule has 0 atom stereocenters. The zero-order valence-corrected chi connectivity index (χ0v) is 14.3. The Morgan fingerprint density at radius 3 is 2.58 bits per heavy atom. The second kappa shape index (κ2) is 7.35. The van der Waals surface area contributed by atoms with Gasteiger partial charge in [0.1, 0.15) is 11.3 Å². The molecule has 3 rings (SSSR count). The minimum atomic E-state index is -0.0540. The fourth-order valence-electron chi connectivity index (χ4n) is 2.86. The van der Waals surface area contributed by atoms with Crippen LogP contribution in [-0.4, -0.2) is 5.91 Å². The van der Waals surface area contributed by atoms with E-state index in [0.29, 0.717) is 12.1 Å². The zero-order chi connectivity index (χ0) is 16.9. The zero-order valence-electron chi connectivity index (χ0n) is 14.3. The first kappa shape index (κ1) is 16.3. The van der Waals surface area contributed by atoms with Gasteiger partial charge in [0.2, 0.25) is 0 Å². The molecule has 1 aromatic heterocycles. The van der Waals surface area contributed by atoms with Gasteiger partial charge in [-0.3, -0.25) is 4.79 Å². The molecule has 0 spiro atoms. The topological polar surface area (TPSA) is 42.2 Å². The molecule has 0 saturated heterocycles. The van der Waals surface area contributed by atoms with Gasteiger partial charge in [-0.2, -0.15) is 0 Å². The van der Waals surface area contributed by atoms with Crippen LogP contribution in [0.1, 0.15) is 47.0 Å². The quantitative estimate of drug-likeness (QED) is 0.693. The van der Waals surface area contributed by atoms with Crippen molar-refractivity contribution in [1.29, 1.82) is 0 Å². The van der Waals surface area contributed by atoms with E-state index in [1.165, 1.54) is 0 Å². The van der Waals surface area contributed by atoms with E-state index in [-0.39, 0.29) is 5.91 Å². The van der Waals surface area contributed by atoms with Crippen LogP contribution in [0.5, 0.6) is 0 Å². The predicted octanol–water partition coefficient (Wildman–Crippen LogP) is 5.01. The monoisotopic (exact) mass is 321 g/mol. The van der Waals surface area contributed by atoms with Crippen molar-refractivity contribution < 1.29 is 9.21 Å². The number of aryl methyl sites for hydroxylation is 2. The first-order valence-electron chi connectivity index (χ1n) is 8.53. The van der Waals surface area contributed by atoms with Crippen LogP contribution in [0.4, 0.5) is 0 Å². The van der Waals surface area contributed by atoms with E-state index >= 15 is 0 Å². The summed E-state index contributed by atoms with van der Waals surface area (Å²) in [6.45, 7) is 4.67. The van der Waals surface area contributed by atoms with Crippen molar-refractivity contribution in [3.63, 3.8) is 0 Å². The van der Waals surface area contributed by atoms with Crippen molar-refractivity contribution in [2.75, 3.05) is 0 Å². The maximum Gasteiger partial charge on any atom is 0.251 e. The van der Waals surface area contributed by atoms with Crippen LogP contribution < -0.4 is 5.32 Å². The highest BCUT2D eigenvalue weighted by Crippen LogP contribution is 2.27. The lowest BCUT2D eigenvalue weighted by Gasteiger charge is -2.07. The molecular formula is C21H23NO2. The summed E-state index contributed by atoms with van der Waals surface area (Å²) >= 11 is 0. The molecule has 1 heterocycles. The number of nitrogens with one attached hydrogen (secondary N) is 1. The average Bonchev–Trinajstić information content (AvgIpc) is 2.96. The second-order valence-electron chi connectivity index (χ2n) is 6.15. The van der Waals surface area contributed by atoms with E-state index in [0.717, 1.165) is 47.1 Å². The predicted molar refractivity (Wildman–Crippen MR) is 97.2 cm³/mol. The maximum atomic E-state index is 12.4. The maximum absolute atomic E-state index is 12.4. The second-order valence-corrected chi connectivity index (χ2v) is 6.15. The van der Waals surface area contributed by atoms with Gasteiger partial charge in [0.05, 0.1) is 0 Å². The third kappa shape index (κ3) is 3.51. The standard InChI is InChI=1S/C21H23NO2/c1-3-4-8-20-18(17-7-5-6-9-19(17)24-20)14-22-21(23)16-12-10-15(2)11-13-16/h5-7,9-13H,3-4,8,14H2,1-2H3,(H,22,23). The van der Waals surface area contributed by atoms with Crippen LogP contribution in [0, 0.1) is 6.92 Å². The van der Waals surface area contributed by atoms with E-state index < -0.39 is 0 Å². The Bertz CT molecular complexity index is 831.